The van der Waals surface area contributed by atoms with E-state index in [0.717, 1.165) is 29.4 Å². The van der Waals surface area contributed by atoms with Crippen LogP contribution in [0.1, 0.15) is 31.7 Å². The Morgan fingerprint density at radius 2 is 1.95 bits per heavy atom. The number of para-hydroxylation sites is 1. The van der Waals surface area contributed by atoms with Gasteiger partial charge in [0.2, 0.25) is 11.8 Å². The summed E-state index contributed by atoms with van der Waals surface area (Å²) in [4.78, 5) is 24.8. The number of halogens is 1. The molecule has 0 fully saturated rings. The highest BCUT2D eigenvalue weighted by Crippen LogP contribution is 2.17. The first-order chi connectivity index (χ1) is 9.54. The molecule has 0 unspecified atom stereocenters. The molecule has 0 saturated carbocycles. The van der Waals surface area contributed by atoms with Gasteiger partial charge in [-0.2, -0.15) is 0 Å². The van der Waals surface area contributed by atoms with E-state index in [1.54, 1.807) is 11.9 Å². The van der Waals surface area contributed by atoms with Crippen LogP contribution in [0.25, 0.3) is 0 Å². The van der Waals surface area contributed by atoms with Crippen molar-refractivity contribution in [3.8, 4) is 0 Å². The lowest BCUT2D eigenvalue weighted by Crippen LogP contribution is -2.24. The van der Waals surface area contributed by atoms with Crippen LogP contribution in [-0.2, 0) is 16.1 Å². The van der Waals surface area contributed by atoms with Crippen molar-refractivity contribution in [1.29, 1.82) is 0 Å². The number of hydrogen-bond acceptors (Lipinski definition) is 2. The van der Waals surface area contributed by atoms with Gasteiger partial charge in [-0.15, -0.1) is 0 Å². The Hall–Kier alpha value is -1.36. The fraction of sp³-hybridized carbons (Fsp3) is 0.467. The molecule has 0 aliphatic rings. The van der Waals surface area contributed by atoms with Gasteiger partial charge in [0.15, 0.2) is 0 Å². The van der Waals surface area contributed by atoms with Crippen LogP contribution in [0.4, 0.5) is 5.69 Å². The van der Waals surface area contributed by atoms with Crippen LogP contribution in [0.5, 0.6) is 0 Å². The van der Waals surface area contributed by atoms with Crippen molar-refractivity contribution >= 4 is 33.4 Å². The highest BCUT2D eigenvalue weighted by molar-refractivity contribution is 9.09. The standard InChI is InChI=1S/C15H21BrN2O2/c1-12(19)18(2)11-13-7-3-4-8-14(13)17-15(20)9-5-6-10-16/h3-4,7-8H,5-6,9-11H2,1-2H3,(H,17,20). The Bertz CT molecular complexity index is 463. The normalized spacial score (nSPS) is 10.2. The second-order valence-electron chi connectivity index (χ2n) is 4.73. The van der Waals surface area contributed by atoms with E-state index >= 15 is 0 Å². The van der Waals surface area contributed by atoms with Crippen molar-refractivity contribution in [3.05, 3.63) is 29.8 Å². The third kappa shape index (κ3) is 5.74. The summed E-state index contributed by atoms with van der Waals surface area (Å²) in [6.07, 6.45) is 2.37. The van der Waals surface area contributed by atoms with E-state index < -0.39 is 0 Å². The van der Waals surface area contributed by atoms with Gasteiger partial charge in [-0.05, 0) is 24.5 Å². The second-order valence-corrected chi connectivity index (χ2v) is 5.52. The lowest BCUT2D eigenvalue weighted by molar-refractivity contribution is -0.128. The van der Waals surface area contributed by atoms with Gasteiger partial charge in [0.05, 0.1) is 0 Å². The molecule has 1 rings (SSSR count). The summed E-state index contributed by atoms with van der Waals surface area (Å²) < 4.78 is 0. The highest BCUT2D eigenvalue weighted by atomic mass is 79.9. The number of rotatable bonds is 7. The van der Waals surface area contributed by atoms with Gasteiger partial charge in [-0.25, -0.2) is 0 Å². The molecular formula is C15H21BrN2O2. The van der Waals surface area contributed by atoms with Crippen molar-refractivity contribution in [1.82, 2.24) is 4.90 Å². The summed E-state index contributed by atoms with van der Waals surface area (Å²) in [5.41, 5.74) is 1.73. The molecular weight excluding hydrogens is 320 g/mol. The number of benzene rings is 1. The topological polar surface area (TPSA) is 49.4 Å². The Balaban J connectivity index is 2.65. The minimum absolute atomic E-state index is 0.00319. The summed E-state index contributed by atoms with van der Waals surface area (Å²) in [7, 11) is 1.75. The van der Waals surface area contributed by atoms with Gasteiger partial charge in [0.1, 0.15) is 0 Å². The maximum atomic E-state index is 11.9. The average molecular weight is 341 g/mol. The van der Waals surface area contributed by atoms with E-state index in [4.69, 9.17) is 0 Å². The van der Waals surface area contributed by atoms with Crippen molar-refractivity contribution in [3.63, 3.8) is 0 Å². The summed E-state index contributed by atoms with van der Waals surface area (Å²) >= 11 is 3.35. The third-order valence-corrected chi connectivity index (χ3v) is 3.58. The lowest BCUT2D eigenvalue weighted by atomic mass is 10.1. The zero-order valence-corrected chi connectivity index (χ0v) is 13.6. The van der Waals surface area contributed by atoms with E-state index in [2.05, 4.69) is 21.2 Å². The number of hydrogen-bond donors (Lipinski definition) is 1. The molecule has 0 aliphatic carbocycles. The molecule has 0 aromatic heterocycles. The van der Waals surface area contributed by atoms with Crippen LogP contribution >= 0.6 is 15.9 Å². The minimum Gasteiger partial charge on any atom is -0.342 e. The quantitative estimate of drug-likeness (QED) is 0.612. The summed E-state index contributed by atoms with van der Waals surface area (Å²) in [5, 5.41) is 3.84. The number of carbonyl (C=O) groups excluding carboxylic acids is 2. The van der Waals surface area contributed by atoms with Crippen LogP contribution < -0.4 is 5.32 Å². The highest BCUT2D eigenvalue weighted by Gasteiger charge is 2.09. The molecule has 4 nitrogen and oxygen atoms in total. The summed E-state index contributed by atoms with van der Waals surface area (Å²) in [5.74, 6) is 0.0207. The number of anilines is 1. The van der Waals surface area contributed by atoms with Crippen LogP contribution in [0.3, 0.4) is 0 Å². The molecule has 0 heterocycles. The fourth-order valence-corrected chi connectivity index (χ4v) is 2.14. The van der Waals surface area contributed by atoms with Crippen molar-refractivity contribution < 1.29 is 9.59 Å². The van der Waals surface area contributed by atoms with E-state index in [0.29, 0.717) is 13.0 Å². The van der Waals surface area contributed by atoms with E-state index in [9.17, 15) is 9.59 Å². The molecule has 0 bridgehead atoms. The molecule has 0 atom stereocenters. The number of amides is 2. The molecule has 110 valence electrons. The predicted molar refractivity (Wildman–Crippen MR) is 84.9 cm³/mol. The largest absolute Gasteiger partial charge is 0.342 e. The number of alkyl halides is 1. The maximum absolute atomic E-state index is 11.9. The van der Waals surface area contributed by atoms with Gasteiger partial charge >= 0.3 is 0 Å². The Kier molecular flexibility index (Phi) is 7.30. The fourth-order valence-electron chi connectivity index (χ4n) is 1.74. The Labute approximate surface area is 128 Å². The van der Waals surface area contributed by atoms with Crippen LogP contribution in [0.15, 0.2) is 24.3 Å². The molecule has 1 aromatic rings. The second kappa shape index (κ2) is 8.74. The Morgan fingerprint density at radius 1 is 1.25 bits per heavy atom. The minimum atomic E-state index is 0.00319. The summed E-state index contributed by atoms with van der Waals surface area (Å²) in [6, 6.07) is 7.58. The first-order valence-electron chi connectivity index (χ1n) is 6.70. The number of nitrogens with zero attached hydrogens (tertiary/aromatic N) is 1. The average Bonchev–Trinajstić information content (AvgIpc) is 2.41. The molecule has 0 saturated heterocycles. The van der Waals surface area contributed by atoms with Crippen molar-refractivity contribution in [2.75, 3.05) is 17.7 Å². The van der Waals surface area contributed by atoms with Gasteiger partial charge in [-0.1, -0.05) is 34.1 Å². The molecule has 1 N–H and O–H groups in total. The van der Waals surface area contributed by atoms with E-state index in [-0.39, 0.29) is 11.8 Å². The smallest absolute Gasteiger partial charge is 0.224 e. The van der Waals surface area contributed by atoms with Crippen LogP contribution in [0.2, 0.25) is 0 Å². The zero-order chi connectivity index (χ0) is 15.0. The summed E-state index contributed by atoms with van der Waals surface area (Å²) in [6.45, 7) is 2.02. The Morgan fingerprint density at radius 3 is 2.60 bits per heavy atom. The van der Waals surface area contributed by atoms with E-state index in [1.807, 2.05) is 24.3 Å². The number of nitrogens with one attached hydrogen (secondary N) is 1. The SMILES string of the molecule is CC(=O)N(C)Cc1ccccc1NC(=O)CCCCBr. The van der Waals surface area contributed by atoms with Crippen LogP contribution in [0, 0.1) is 0 Å². The van der Waals surface area contributed by atoms with Crippen molar-refractivity contribution in [2.45, 2.75) is 32.7 Å². The first-order valence-corrected chi connectivity index (χ1v) is 7.82. The van der Waals surface area contributed by atoms with Gasteiger partial charge in [0.25, 0.3) is 0 Å². The monoisotopic (exact) mass is 340 g/mol. The zero-order valence-electron chi connectivity index (χ0n) is 12.0. The molecule has 5 heteroatoms. The predicted octanol–water partition coefficient (Wildman–Crippen LogP) is 3.17. The molecule has 0 aliphatic heterocycles. The van der Waals surface area contributed by atoms with Gasteiger partial charge < -0.3 is 10.2 Å². The lowest BCUT2D eigenvalue weighted by Gasteiger charge is -2.17. The molecule has 2 amide bonds. The molecule has 20 heavy (non-hydrogen) atoms. The number of unbranched alkanes of at least 4 members (excludes halogenated alkanes) is 1. The molecule has 1 aromatic carbocycles. The third-order valence-electron chi connectivity index (χ3n) is 3.02. The van der Waals surface area contributed by atoms with E-state index in [1.165, 1.54) is 6.92 Å². The maximum Gasteiger partial charge on any atom is 0.224 e. The molecule has 0 radical (unpaired) electrons. The van der Waals surface area contributed by atoms with Crippen LogP contribution in [-0.4, -0.2) is 29.1 Å². The first kappa shape index (κ1) is 16.7. The molecule has 0 spiro atoms. The van der Waals surface area contributed by atoms with Gasteiger partial charge in [-0.3, -0.25) is 9.59 Å². The van der Waals surface area contributed by atoms with Gasteiger partial charge in [0, 0.05) is 38.0 Å². The number of carbonyl (C=O) groups is 2. The van der Waals surface area contributed by atoms with Crippen molar-refractivity contribution in [2.24, 2.45) is 0 Å².